The molecule has 0 fully saturated rings. The molecule has 7 N–H and O–H groups in total. The first kappa shape index (κ1) is 64.0. The van der Waals surface area contributed by atoms with Crippen molar-refractivity contribution in [3.63, 3.8) is 0 Å². The molecule has 0 bridgehead atoms. The fraction of sp³-hybridized carbons (Fsp3) is 0.853. The monoisotopic (exact) mass is 917 g/mol. The van der Waals surface area contributed by atoms with E-state index in [0.29, 0.717) is 25.4 Å². The fourth-order valence-electron chi connectivity index (χ4n) is 2.81. The molecule has 342 valence electrons. The fourth-order valence-corrected chi connectivity index (χ4v) is 5.93. The van der Waals surface area contributed by atoms with Crippen molar-refractivity contribution in [1.82, 2.24) is 16.0 Å². The Morgan fingerprint density at radius 1 is 0.614 bits per heavy atom. The maximum atomic E-state index is 11.7. The molecule has 0 aromatic rings. The van der Waals surface area contributed by atoms with Crippen LogP contribution in [0, 0.1) is 0 Å². The van der Waals surface area contributed by atoms with Crippen LogP contribution in [0.5, 0.6) is 0 Å². The van der Waals surface area contributed by atoms with Gasteiger partial charge in [0.2, 0.25) is 0 Å². The maximum Gasteiger partial charge on any atom is 0.407 e. The average molecular weight is 918 g/mol. The van der Waals surface area contributed by atoms with Crippen molar-refractivity contribution in [3.8, 4) is 0 Å². The number of rotatable bonds is 13. The van der Waals surface area contributed by atoms with Gasteiger partial charge in [0.1, 0.15) is 16.8 Å². The van der Waals surface area contributed by atoms with Crippen molar-refractivity contribution in [2.75, 3.05) is 92.8 Å². The number of nitrogens with zero attached hydrogens (tertiary/aromatic N) is 2. The number of thioether (sulfide) groups is 2. The Hall–Kier alpha value is -2.18. The van der Waals surface area contributed by atoms with E-state index in [1.165, 1.54) is 26.4 Å². The second-order valence-corrected chi connectivity index (χ2v) is 23.2. The summed E-state index contributed by atoms with van der Waals surface area (Å²) in [6, 6.07) is 0. The molecule has 0 radical (unpaired) electrons. The van der Waals surface area contributed by atoms with Crippen LogP contribution < -0.4 is 27.4 Å². The number of ether oxygens (including phenoxy) is 3. The molecule has 0 rings (SSSR count). The molecule has 0 aromatic carbocycles. The Balaban J connectivity index is -0.000000206. The van der Waals surface area contributed by atoms with Gasteiger partial charge < -0.3 is 41.6 Å². The van der Waals surface area contributed by atoms with Gasteiger partial charge in [-0.3, -0.25) is 13.8 Å². The molecule has 0 saturated heterocycles. The lowest BCUT2D eigenvalue weighted by atomic mass is 10.2. The van der Waals surface area contributed by atoms with Gasteiger partial charge in [0, 0.05) is 105 Å². The first-order valence-corrected chi connectivity index (χ1v) is 26.4. The molecule has 3 unspecified atom stereocenters. The Bertz CT molecular complexity index is 1430. The van der Waals surface area contributed by atoms with Gasteiger partial charge in [-0.05, 0) is 74.8 Å². The molecule has 23 heteroatoms. The van der Waals surface area contributed by atoms with E-state index in [-0.39, 0.29) is 24.1 Å². The van der Waals surface area contributed by atoms with E-state index in [2.05, 4.69) is 24.7 Å². The van der Waals surface area contributed by atoms with E-state index in [9.17, 15) is 36.6 Å². The molecule has 0 heterocycles. The lowest BCUT2D eigenvalue weighted by Crippen LogP contribution is -2.35. The number of nitrogens with two attached hydrogens (primary N) is 2. The summed E-state index contributed by atoms with van der Waals surface area (Å²) in [7, 11) is -5.77. The third-order valence-corrected chi connectivity index (χ3v) is 9.92. The molecule has 18 nitrogen and oxygen atoms in total. The van der Waals surface area contributed by atoms with Crippen molar-refractivity contribution >= 4 is 83.9 Å². The van der Waals surface area contributed by atoms with Gasteiger partial charge in [-0.1, -0.05) is 0 Å². The molecule has 57 heavy (non-hydrogen) atoms. The van der Waals surface area contributed by atoms with Crippen LogP contribution in [-0.4, -0.2) is 152 Å². The van der Waals surface area contributed by atoms with Crippen LogP contribution in [0.4, 0.5) is 14.4 Å². The van der Waals surface area contributed by atoms with Crippen LogP contribution in [0.25, 0.3) is 0 Å². The lowest BCUT2D eigenvalue weighted by molar-refractivity contribution is -0.116. The largest absolute Gasteiger partial charge is 0.444 e. The number of nitrogens with one attached hydrogen (secondary N) is 3. The Morgan fingerprint density at radius 3 is 1.21 bits per heavy atom. The topological polar surface area (TPSA) is 277 Å². The van der Waals surface area contributed by atoms with Crippen LogP contribution in [0.3, 0.4) is 0 Å². The molecule has 0 aliphatic rings. The molecule has 0 spiro atoms. The van der Waals surface area contributed by atoms with Gasteiger partial charge in [0.15, 0.2) is 0 Å². The summed E-state index contributed by atoms with van der Waals surface area (Å²) < 4.78 is 55.3. The number of hydrogen-bond acceptors (Lipinski definition) is 15. The highest BCUT2D eigenvalue weighted by Gasteiger charge is 2.17. The molecule has 3 atom stereocenters. The third kappa shape index (κ3) is 65.9. The highest BCUT2D eigenvalue weighted by Crippen LogP contribution is 2.07. The average Bonchev–Trinajstić information content (AvgIpc) is 2.94. The zero-order valence-electron chi connectivity index (χ0n) is 37.2. The predicted octanol–water partition coefficient (Wildman–Crippen LogP) is 3.82. The summed E-state index contributed by atoms with van der Waals surface area (Å²) in [5.41, 5.74) is 8.81. The minimum absolute atomic E-state index is 0.117. The zero-order valence-corrected chi connectivity index (χ0v) is 41.2. The molecule has 0 aliphatic heterocycles. The Kier molecular flexibility index (Phi) is 38.9. The van der Waals surface area contributed by atoms with Crippen molar-refractivity contribution in [2.45, 2.75) is 93.0 Å². The molecule has 0 saturated carbocycles. The second kappa shape index (κ2) is 34.7. The highest BCUT2D eigenvalue weighted by molar-refractivity contribution is 7.98. The second-order valence-electron chi connectivity index (χ2n) is 14.7. The molecular formula is C34H75N7O11S5. The van der Waals surface area contributed by atoms with Crippen molar-refractivity contribution in [3.05, 3.63) is 0 Å². The van der Waals surface area contributed by atoms with E-state index in [4.69, 9.17) is 25.7 Å². The molecule has 5 amide bonds. The molecular weight excluding hydrogens is 843 g/mol. The van der Waals surface area contributed by atoms with Crippen LogP contribution >= 0.6 is 23.5 Å². The summed E-state index contributed by atoms with van der Waals surface area (Å²) >= 11 is 3.47. The molecule has 0 aliphatic carbocycles. The quantitative estimate of drug-likeness (QED) is 0.130. The van der Waals surface area contributed by atoms with Gasteiger partial charge in [-0.25, -0.2) is 22.8 Å². The standard InChI is InChI=1S/C10H20N2O4S.C8H17NO3S.C8H17NO2S.C5H12N2O2S.C3H9NS/c1-8(13)12-17(5,15)7-6-11-9(14)16-10(2,3)4;1-8(2,3)12-7(10)9-5-6-13(4)11;1-8(2,3)11-7(10)9-5-6-12-4;1-5(8)7-10(2,9)4-3-6;1-5-3-2-4/h6-7H2,1-5H3,(H,11,14);5-6H2,1-4H3,(H,9,10);5-6H2,1-4H3,(H,9,10);3-4,6H2,1-2H3;2-4H2,1H3. The van der Waals surface area contributed by atoms with E-state index in [0.717, 1.165) is 18.1 Å². The lowest BCUT2D eigenvalue weighted by Gasteiger charge is -2.19. The van der Waals surface area contributed by atoms with Crippen LogP contribution in [0.2, 0.25) is 0 Å². The summed E-state index contributed by atoms with van der Waals surface area (Å²) in [6.07, 6.45) is 7.08. The zero-order chi connectivity index (χ0) is 46.1. The van der Waals surface area contributed by atoms with Gasteiger partial charge in [0.25, 0.3) is 11.8 Å². The minimum atomic E-state index is -2.57. The Labute approximate surface area is 354 Å². The van der Waals surface area contributed by atoms with Gasteiger partial charge >= 0.3 is 18.3 Å². The van der Waals surface area contributed by atoms with Gasteiger partial charge in [-0.2, -0.15) is 32.2 Å². The first-order valence-electron chi connectivity index (χ1n) is 17.7. The summed E-state index contributed by atoms with van der Waals surface area (Å²) in [5, 5.41) is 7.63. The highest BCUT2D eigenvalue weighted by atomic mass is 32.2. The smallest absolute Gasteiger partial charge is 0.407 e. The minimum Gasteiger partial charge on any atom is -0.444 e. The third-order valence-electron chi connectivity index (χ3n) is 4.64. The molecule has 0 aromatic heterocycles. The number of hydrogen-bond donors (Lipinski definition) is 5. The number of carbonyl (C=O) groups excluding carboxylic acids is 5. The van der Waals surface area contributed by atoms with Crippen LogP contribution in [-0.2, 0) is 54.1 Å². The Morgan fingerprint density at radius 2 is 0.947 bits per heavy atom. The van der Waals surface area contributed by atoms with Crippen molar-refractivity contribution < 1.29 is 50.8 Å². The number of amides is 5. The van der Waals surface area contributed by atoms with Gasteiger partial charge in [0.05, 0.1) is 19.5 Å². The SMILES string of the molecule is CC(=O)N=S(C)(=O)CCN.CC(=O)N=S(C)(=O)CCNC(=O)OC(C)(C)C.CS(=O)CCNC(=O)OC(C)(C)C.CSCCN.CSCCNC(=O)OC(C)(C)C. The van der Waals surface area contributed by atoms with E-state index in [1.54, 1.807) is 71.3 Å². The number of alkyl carbamates (subject to hydrolysis) is 3. The summed E-state index contributed by atoms with van der Waals surface area (Å²) in [6.45, 7) is 21.0. The first-order chi connectivity index (χ1) is 25.7. The van der Waals surface area contributed by atoms with E-state index < -0.39 is 71.1 Å². The van der Waals surface area contributed by atoms with Crippen LogP contribution in [0.1, 0.15) is 76.2 Å². The van der Waals surface area contributed by atoms with E-state index >= 15 is 0 Å². The van der Waals surface area contributed by atoms with Crippen molar-refractivity contribution in [2.24, 2.45) is 20.2 Å². The number of carbonyl (C=O) groups is 5. The van der Waals surface area contributed by atoms with Crippen molar-refractivity contribution in [1.29, 1.82) is 0 Å². The predicted molar refractivity (Wildman–Crippen MR) is 241 cm³/mol. The van der Waals surface area contributed by atoms with E-state index in [1.807, 2.05) is 33.3 Å². The maximum absolute atomic E-state index is 11.7. The normalized spacial score (nSPS) is 13.3. The van der Waals surface area contributed by atoms with Crippen LogP contribution in [0.15, 0.2) is 8.73 Å². The summed E-state index contributed by atoms with van der Waals surface area (Å²) in [4.78, 5) is 54.3. The summed E-state index contributed by atoms with van der Waals surface area (Å²) in [5.74, 6) is 1.98. The van der Waals surface area contributed by atoms with Gasteiger partial charge in [-0.15, -0.1) is 0 Å².